The van der Waals surface area contributed by atoms with Crippen molar-refractivity contribution in [1.82, 2.24) is 20.2 Å². The van der Waals surface area contributed by atoms with Crippen LogP contribution < -0.4 is 10.6 Å². The Labute approximate surface area is 218 Å². The van der Waals surface area contributed by atoms with Crippen LogP contribution in [0.1, 0.15) is 64.4 Å². The van der Waals surface area contributed by atoms with Crippen LogP contribution in [0.15, 0.2) is 54.7 Å². The number of carbonyl (C=O) groups is 1. The quantitative estimate of drug-likeness (QED) is 0.273. The fourth-order valence-electron chi connectivity index (χ4n) is 4.06. The molecule has 3 rings (SSSR count). The van der Waals surface area contributed by atoms with E-state index in [0.717, 1.165) is 36.4 Å². The molecule has 0 aliphatic carbocycles. The Balaban J connectivity index is 1.80. The van der Waals surface area contributed by atoms with Crippen molar-refractivity contribution in [2.75, 3.05) is 19.7 Å². The second kappa shape index (κ2) is 13.3. The summed E-state index contributed by atoms with van der Waals surface area (Å²) in [5, 5.41) is 6.35. The van der Waals surface area contributed by atoms with Crippen LogP contribution in [0.3, 0.4) is 0 Å². The van der Waals surface area contributed by atoms with Gasteiger partial charge < -0.3 is 19.9 Å². The maximum atomic E-state index is 14.6. The van der Waals surface area contributed by atoms with Crippen molar-refractivity contribution >= 4 is 6.09 Å². The van der Waals surface area contributed by atoms with Crippen LogP contribution in [0.2, 0.25) is 0 Å². The zero-order valence-electron chi connectivity index (χ0n) is 22.2. The summed E-state index contributed by atoms with van der Waals surface area (Å²) < 4.78 is 35.7. The van der Waals surface area contributed by atoms with Crippen LogP contribution in [0.25, 0.3) is 11.3 Å². The SMILES string of the molecule is CCCCOC(=O)NCCCN[C@@H](c1nc(-c2cc(F)ccc2F)cn1Cc1ccccc1)C(C)(C)C. The molecule has 0 unspecified atom stereocenters. The summed E-state index contributed by atoms with van der Waals surface area (Å²) in [6.45, 7) is 10.4. The highest BCUT2D eigenvalue weighted by atomic mass is 19.1. The topological polar surface area (TPSA) is 68.2 Å². The van der Waals surface area contributed by atoms with E-state index in [1.54, 1.807) is 6.20 Å². The number of halogens is 2. The molecule has 2 aromatic carbocycles. The number of alkyl carbamates (subject to hydrolysis) is 1. The predicted molar refractivity (Wildman–Crippen MR) is 142 cm³/mol. The number of hydrogen-bond acceptors (Lipinski definition) is 4. The number of aromatic nitrogens is 2. The van der Waals surface area contributed by atoms with Crippen molar-refractivity contribution in [3.05, 3.63) is 77.8 Å². The molecule has 200 valence electrons. The van der Waals surface area contributed by atoms with Crippen LogP contribution >= 0.6 is 0 Å². The van der Waals surface area contributed by atoms with Gasteiger partial charge in [-0.3, -0.25) is 0 Å². The van der Waals surface area contributed by atoms with Gasteiger partial charge in [-0.2, -0.15) is 0 Å². The lowest BCUT2D eigenvalue weighted by molar-refractivity contribution is 0.144. The first kappa shape index (κ1) is 28.3. The minimum atomic E-state index is -0.519. The standard InChI is InChI=1S/C29H38F2N4O2/c1-5-6-17-37-28(36)33-16-10-15-32-26(29(2,3)4)27-34-25(23-18-22(30)13-14-24(23)31)20-35(27)19-21-11-8-7-9-12-21/h7-9,11-14,18,20,26,32H,5-6,10,15-17,19H2,1-4H3,(H,33,36)/t26-/m0/s1. The molecule has 1 atom stereocenters. The fraction of sp³-hybridized carbons (Fsp3) is 0.448. The third-order valence-corrected chi connectivity index (χ3v) is 6.03. The van der Waals surface area contributed by atoms with E-state index in [0.29, 0.717) is 38.4 Å². The number of amides is 1. The molecule has 8 heteroatoms. The highest BCUT2D eigenvalue weighted by molar-refractivity contribution is 5.67. The van der Waals surface area contributed by atoms with Gasteiger partial charge in [0.25, 0.3) is 0 Å². The number of benzene rings is 2. The molecule has 0 saturated carbocycles. The maximum Gasteiger partial charge on any atom is 0.407 e. The lowest BCUT2D eigenvalue weighted by atomic mass is 9.86. The molecule has 1 amide bonds. The first-order chi connectivity index (χ1) is 17.7. The Morgan fingerprint density at radius 1 is 1.08 bits per heavy atom. The van der Waals surface area contributed by atoms with E-state index < -0.39 is 17.7 Å². The van der Waals surface area contributed by atoms with Crippen molar-refractivity contribution < 1.29 is 18.3 Å². The molecule has 1 heterocycles. The monoisotopic (exact) mass is 512 g/mol. The summed E-state index contributed by atoms with van der Waals surface area (Å²) in [6, 6.07) is 13.2. The summed E-state index contributed by atoms with van der Waals surface area (Å²) in [5.41, 5.74) is 1.36. The summed E-state index contributed by atoms with van der Waals surface area (Å²) >= 11 is 0. The first-order valence-electron chi connectivity index (χ1n) is 12.9. The number of rotatable bonds is 12. The van der Waals surface area contributed by atoms with Gasteiger partial charge >= 0.3 is 6.09 Å². The minimum Gasteiger partial charge on any atom is -0.450 e. The Hall–Kier alpha value is -3.26. The zero-order chi connectivity index (χ0) is 26.8. The second-order valence-corrected chi connectivity index (χ2v) is 10.2. The number of nitrogens with one attached hydrogen (secondary N) is 2. The normalized spacial score (nSPS) is 12.4. The van der Waals surface area contributed by atoms with E-state index in [-0.39, 0.29) is 17.0 Å². The minimum absolute atomic E-state index is 0.131. The van der Waals surface area contributed by atoms with Crippen LogP contribution in [0.4, 0.5) is 13.6 Å². The van der Waals surface area contributed by atoms with Gasteiger partial charge in [0.2, 0.25) is 0 Å². The molecule has 6 nitrogen and oxygen atoms in total. The van der Waals surface area contributed by atoms with Crippen LogP contribution in [0, 0.1) is 17.0 Å². The number of nitrogens with zero attached hydrogens (tertiary/aromatic N) is 2. The Morgan fingerprint density at radius 3 is 2.54 bits per heavy atom. The highest BCUT2D eigenvalue weighted by Gasteiger charge is 2.31. The number of hydrogen-bond donors (Lipinski definition) is 2. The van der Waals surface area contributed by atoms with Crippen molar-refractivity contribution in [3.8, 4) is 11.3 Å². The van der Waals surface area contributed by atoms with Crippen LogP contribution in [0.5, 0.6) is 0 Å². The third kappa shape index (κ3) is 8.39. The van der Waals surface area contributed by atoms with E-state index >= 15 is 0 Å². The van der Waals surface area contributed by atoms with Gasteiger partial charge in [0.1, 0.15) is 17.5 Å². The lowest BCUT2D eigenvalue weighted by Gasteiger charge is -2.31. The smallest absolute Gasteiger partial charge is 0.407 e. The lowest BCUT2D eigenvalue weighted by Crippen LogP contribution is -2.36. The van der Waals surface area contributed by atoms with E-state index in [1.807, 2.05) is 41.8 Å². The second-order valence-electron chi connectivity index (χ2n) is 10.2. The molecule has 0 aliphatic rings. The van der Waals surface area contributed by atoms with Crippen molar-refractivity contribution in [2.45, 2.75) is 59.5 Å². The third-order valence-electron chi connectivity index (χ3n) is 6.03. The summed E-state index contributed by atoms with van der Waals surface area (Å²) in [4.78, 5) is 16.6. The highest BCUT2D eigenvalue weighted by Crippen LogP contribution is 2.34. The van der Waals surface area contributed by atoms with E-state index in [1.165, 1.54) is 6.07 Å². The van der Waals surface area contributed by atoms with E-state index in [4.69, 9.17) is 9.72 Å². The molecule has 0 saturated heterocycles. The average Bonchev–Trinajstić information content (AvgIpc) is 3.25. The molecular weight excluding hydrogens is 474 g/mol. The van der Waals surface area contributed by atoms with Crippen molar-refractivity contribution in [3.63, 3.8) is 0 Å². The van der Waals surface area contributed by atoms with E-state index in [9.17, 15) is 13.6 Å². The van der Waals surface area contributed by atoms with Crippen molar-refractivity contribution in [2.24, 2.45) is 5.41 Å². The molecule has 0 aliphatic heterocycles. The van der Waals surface area contributed by atoms with Gasteiger partial charge in [-0.15, -0.1) is 0 Å². The molecule has 0 fully saturated rings. The zero-order valence-corrected chi connectivity index (χ0v) is 22.2. The molecular formula is C29H38F2N4O2. The van der Waals surface area contributed by atoms with Gasteiger partial charge in [0, 0.05) is 24.8 Å². The van der Waals surface area contributed by atoms with Crippen molar-refractivity contribution in [1.29, 1.82) is 0 Å². The first-order valence-corrected chi connectivity index (χ1v) is 12.9. The van der Waals surface area contributed by atoms with Gasteiger partial charge in [-0.1, -0.05) is 64.4 Å². The Morgan fingerprint density at radius 2 is 1.84 bits per heavy atom. The number of ether oxygens (including phenoxy) is 1. The van der Waals surface area contributed by atoms with Crippen LogP contribution in [-0.2, 0) is 11.3 Å². The largest absolute Gasteiger partial charge is 0.450 e. The maximum absolute atomic E-state index is 14.6. The molecule has 3 aromatic rings. The molecule has 1 aromatic heterocycles. The summed E-state index contributed by atoms with van der Waals surface area (Å²) in [5.74, 6) is -0.293. The number of unbranched alkanes of at least 4 members (excludes halogenated alkanes) is 1. The number of carbonyl (C=O) groups excluding carboxylic acids is 1. The molecule has 2 N–H and O–H groups in total. The number of imidazole rings is 1. The van der Waals surface area contributed by atoms with Gasteiger partial charge in [-0.25, -0.2) is 18.6 Å². The molecule has 0 spiro atoms. The Bertz CT molecular complexity index is 1140. The summed E-state index contributed by atoms with van der Waals surface area (Å²) in [7, 11) is 0. The van der Waals surface area contributed by atoms with Gasteiger partial charge in [0.15, 0.2) is 0 Å². The molecule has 37 heavy (non-hydrogen) atoms. The Kier molecular flexibility index (Phi) is 10.2. The molecule has 0 radical (unpaired) electrons. The predicted octanol–water partition coefficient (Wildman–Crippen LogP) is 6.47. The van der Waals surface area contributed by atoms with Crippen LogP contribution in [-0.4, -0.2) is 35.3 Å². The van der Waals surface area contributed by atoms with Gasteiger partial charge in [-0.05, 0) is 48.6 Å². The summed E-state index contributed by atoms with van der Waals surface area (Å²) in [6.07, 6.45) is 3.90. The fourth-order valence-corrected chi connectivity index (χ4v) is 4.06. The average molecular weight is 513 g/mol. The van der Waals surface area contributed by atoms with E-state index in [2.05, 4.69) is 31.4 Å². The molecule has 0 bridgehead atoms. The van der Waals surface area contributed by atoms with Gasteiger partial charge in [0.05, 0.1) is 18.3 Å².